The fourth-order valence-electron chi connectivity index (χ4n) is 0.286. The third-order valence-corrected chi connectivity index (χ3v) is 0.699. The summed E-state index contributed by atoms with van der Waals surface area (Å²) in [5.41, 5.74) is 0. The molecular weight excluding hydrogens is 145 g/mol. The number of hydrogen-bond acceptors (Lipinski definition) is 1. The minimum atomic E-state index is -2.43. The van der Waals surface area contributed by atoms with Crippen molar-refractivity contribution in [1.29, 1.82) is 0 Å². The molecule has 0 amide bonds. The van der Waals surface area contributed by atoms with Crippen LogP contribution in [0.25, 0.3) is 0 Å². The fraction of sp³-hybridized carbons (Fsp3) is 0.333. The minimum Gasteiger partial charge on any atom is -0.467 e. The van der Waals surface area contributed by atoms with Crippen LogP contribution in [0.5, 0.6) is 0 Å². The van der Waals surface area contributed by atoms with E-state index in [2.05, 4.69) is 11.3 Å². The lowest BCUT2D eigenvalue weighted by Gasteiger charge is -1.97. The predicted molar refractivity (Wildman–Crippen MR) is 31.1 cm³/mol. The Balaban J connectivity index is 3.49. The molecule has 1 nitrogen and oxygen atoms in total. The first-order valence-corrected chi connectivity index (χ1v) is 2.63. The molecule has 0 N–H and O–H groups in total. The highest BCUT2D eigenvalue weighted by Gasteiger charge is 2.03. The quantitative estimate of drug-likeness (QED) is 0.342. The zero-order valence-corrected chi connectivity index (χ0v) is 5.24. The van der Waals surface area contributed by atoms with Gasteiger partial charge in [-0.2, -0.15) is 13.2 Å². The Morgan fingerprint density at radius 3 is 2.40 bits per heavy atom. The highest BCUT2D eigenvalue weighted by atomic mass is 19.3. The smallest absolute Gasteiger partial charge is 0.342 e. The summed E-state index contributed by atoms with van der Waals surface area (Å²) in [7, 11) is 0. The summed E-state index contributed by atoms with van der Waals surface area (Å²) in [6, 6.07) is -1.80. The lowest BCUT2D eigenvalue weighted by atomic mass is 10.5. The highest BCUT2D eigenvalue weighted by Crippen LogP contribution is 2.10. The Labute approximate surface area is 56.8 Å². The molecule has 0 spiro atoms. The second-order valence-corrected chi connectivity index (χ2v) is 1.46. The molecule has 0 saturated heterocycles. The summed E-state index contributed by atoms with van der Waals surface area (Å²) in [4.78, 5) is 0. The monoisotopic (exact) mass is 152 g/mol. The molecule has 0 atom stereocenters. The van der Waals surface area contributed by atoms with E-state index in [-0.39, 0.29) is 6.61 Å². The molecule has 0 bridgehead atoms. The van der Waals surface area contributed by atoms with Gasteiger partial charge in [0.1, 0.15) is 0 Å². The third kappa shape index (κ3) is 4.00. The molecule has 0 aromatic heterocycles. The van der Waals surface area contributed by atoms with Crippen LogP contribution in [-0.4, -0.2) is 6.61 Å². The van der Waals surface area contributed by atoms with E-state index in [9.17, 15) is 13.2 Å². The van der Waals surface area contributed by atoms with Crippen LogP contribution >= 0.6 is 0 Å². The molecule has 4 heteroatoms. The van der Waals surface area contributed by atoms with Crippen molar-refractivity contribution in [2.45, 2.75) is 6.42 Å². The van der Waals surface area contributed by atoms with Crippen LogP contribution in [0.1, 0.15) is 6.42 Å². The molecule has 0 aliphatic rings. The molecule has 0 fully saturated rings. The molecule has 10 heavy (non-hydrogen) atoms. The summed E-state index contributed by atoms with van der Waals surface area (Å²) < 4.78 is 38.1. The Morgan fingerprint density at radius 2 is 2.00 bits per heavy atom. The largest absolute Gasteiger partial charge is 0.467 e. The van der Waals surface area contributed by atoms with Gasteiger partial charge in [-0.1, -0.05) is 6.08 Å². The van der Waals surface area contributed by atoms with Gasteiger partial charge in [0.05, 0.1) is 6.61 Å². The van der Waals surface area contributed by atoms with Crippen LogP contribution in [0.2, 0.25) is 0 Å². The molecule has 0 aliphatic carbocycles. The average molecular weight is 152 g/mol. The van der Waals surface area contributed by atoms with Crippen LogP contribution in [0, 0.1) is 0 Å². The average Bonchev–Trinajstić information content (AvgIpc) is 1.88. The van der Waals surface area contributed by atoms with Crippen molar-refractivity contribution in [2.75, 3.05) is 6.61 Å². The van der Waals surface area contributed by atoms with Crippen LogP contribution in [0.15, 0.2) is 24.7 Å². The first-order valence-electron chi connectivity index (χ1n) is 2.63. The molecular formula is C6H7F3O. The van der Waals surface area contributed by atoms with Crippen molar-refractivity contribution in [1.82, 2.24) is 0 Å². The Morgan fingerprint density at radius 1 is 1.40 bits per heavy atom. The summed E-state index contributed by atoms with van der Waals surface area (Å²) in [6.07, 6.45) is -0.631. The van der Waals surface area contributed by atoms with Gasteiger partial charge in [-0.25, -0.2) is 0 Å². The van der Waals surface area contributed by atoms with Crippen molar-refractivity contribution in [3.8, 4) is 0 Å². The number of ether oxygens (including phenoxy) is 1. The van der Waals surface area contributed by atoms with Gasteiger partial charge in [0.2, 0.25) is 0 Å². The molecule has 0 saturated carbocycles. The predicted octanol–water partition coefficient (Wildman–Crippen LogP) is 2.61. The maximum absolute atomic E-state index is 11.7. The lowest BCUT2D eigenvalue weighted by Crippen LogP contribution is -1.89. The number of rotatable bonds is 4. The van der Waals surface area contributed by atoms with E-state index < -0.39 is 12.1 Å². The SMILES string of the molecule is C=CCCOC(F)=C(F)F. The molecule has 0 aromatic rings. The van der Waals surface area contributed by atoms with Gasteiger partial charge in [0, 0.05) is 0 Å². The van der Waals surface area contributed by atoms with Gasteiger partial charge >= 0.3 is 12.1 Å². The topological polar surface area (TPSA) is 9.23 Å². The van der Waals surface area contributed by atoms with Gasteiger partial charge in [0.15, 0.2) is 0 Å². The Bertz CT molecular complexity index is 138. The second kappa shape index (κ2) is 4.90. The van der Waals surface area contributed by atoms with Crippen molar-refractivity contribution in [3.63, 3.8) is 0 Å². The first-order chi connectivity index (χ1) is 4.68. The molecule has 0 aromatic carbocycles. The van der Waals surface area contributed by atoms with E-state index in [0.717, 1.165) is 0 Å². The van der Waals surface area contributed by atoms with Crippen molar-refractivity contribution >= 4 is 0 Å². The minimum absolute atomic E-state index is 0.104. The Hall–Kier alpha value is -0.930. The van der Waals surface area contributed by atoms with Gasteiger partial charge < -0.3 is 4.74 Å². The molecule has 0 unspecified atom stereocenters. The zero-order valence-electron chi connectivity index (χ0n) is 5.24. The van der Waals surface area contributed by atoms with E-state index in [1.165, 1.54) is 6.08 Å². The summed E-state index contributed by atoms with van der Waals surface area (Å²) in [6.45, 7) is 3.19. The van der Waals surface area contributed by atoms with E-state index in [1.807, 2.05) is 0 Å². The number of hydrogen-bond donors (Lipinski definition) is 0. The van der Waals surface area contributed by atoms with E-state index >= 15 is 0 Å². The van der Waals surface area contributed by atoms with Crippen LogP contribution in [0.4, 0.5) is 13.2 Å². The molecule has 0 aliphatic heterocycles. The molecule has 0 heterocycles. The van der Waals surface area contributed by atoms with Gasteiger partial charge in [-0.15, -0.1) is 6.58 Å². The summed E-state index contributed by atoms with van der Waals surface area (Å²) in [5.74, 6) is 0. The van der Waals surface area contributed by atoms with Gasteiger partial charge in [-0.3, -0.25) is 0 Å². The number of halogens is 3. The van der Waals surface area contributed by atoms with E-state index in [4.69, 9.17) is 0 Å². The molecule has 58 valence electrons. The Kier molecular flexibility index (Phi) is 4.45. The second-order valence-electron chi connectivity index (χ2n) is 1.46. The third-order valence-electron chi connectivity index (χ3n) is 0.699. The van der Waals surface area contributed by atoms with Gasteiger partial charge in [-0.05, 0) is 6.42 Å². The van der Waals surface area contributed by atoms with E-state index in [1.54, 1.807) is 0 Å². The van der Waals surface area contributed by atoms with Crippen LogP contribution in [-0.2, 0) is 4.74 Å². The van der Waals surface area contributed by atoms with E-state index in [0.29, 0.717) is 6.42 Å². The molecule has 0 radical (unpaired) electrons. The van der Waals surface area contributed by atoms with Gasteiger partial charge in [0.25, 0.3) is 0 Å². The first kappa shape index (κ1) is 9.07. The standard InChI is InChI=1S/C6H7F3O/c1-2-3-4-10-6(9)5(7)8/h2H,1,3-4H2. The maximum Gasteiger partial charge on any atom is 0.342 e. The van der Waals surface area contributed by atoms with Crippen molar-refractivity contribution in [2.24, 2.45) is 0 Å². The summed E-state index contributed by atoms with van der Waals surface area (Å²) in [5, 5.41) is 0. The highest BCUT2D eigenvalue weighted by molar-refractivity contribution is 4.80. The summed E-state index contributed by atoms with van der Waals surface area (Å²) >= 11 is 0. The molecule has 0 rings (SSSR count). The van der Waals surface area contributed by atoms with Crippen molar-refractivity contribution in [3.05, 3.63) is 24.7 Å². The van der Waals surface area contributed by atoms with Crippen molar-refractivity contribution < 1.29 is 17.9 Å². The maximum atomic E-state index is 11.7. The normalized spacial score (nSPS) is 8.70. The zero-order chi connectivity index (χ0) is 7.98. The lowest BCUT2D eigenvalue weighted by molar-refractivity contribution is 0.123. The van der Waals surface area contributed by atoms with Crippen LogP contribution < -0.4 is 0 Å². The van der Waals surface area contributed by atoms with Crippen LogP contribution in [0.3, 0.4) is 0 Å². The fourth-order valence-corrected chi connectivity index (χ4v) is 0.286.